The Labute approximate surface area is 484 Å². The molecule has 14 rings (SSSR count). The van der Waals surface area contributed by atoms with E-state index in [1.807, 2.05) is 127 Å². The summed E-state index contributed by atoms with van der Waals surface area (Å²) in [5, 5.41) is 2.79. The molecule has 4 amide bonds. The van der Waals surface area contributed by atoms with Gasteiger partial charge in [0.25, 0.3) is 23.6 Å². The van der Waals surface area contributed by atoms with E-state index < -0.39 is 11.8 Å². The number of aromatic nitrogens is 1. The van der Waals surface area contributed by atoms with Crippen molar-refractivity contribution in [3.8, 4) is 23.7 Å². The van der Waals surface area contributed by atoms with Gasteiger partial charge in [-0.15, -0.1) is 23.5 Å². The second-order valence-electron chi connectivity index (χ2n) is 20.9. The Hall–Kier alpha value is -9.51. The number of rotatable bonds is 10. The van der Waals surface area contributed by atoms with Crippen LogP contribution in [0.1, 0.15) is 123 Å². The number of carbonyl (C=O) groups is 4. The highest BCUT2D eigenvalue weighted by Crippen LogP contribution is 2.43. The van der Waals surface area contributed by atoms with Crippen molar-refractivity contribution in [2.45, 2.75) is 59.8 Å². The van der Waals surface area contributed by atoms with Crippen LogP contribution < -0.4 is 9.80 Å². The summed E-state index contributed by atoms with van der Waals surface area (Å²) < 4.78 is 0. The van der Waals surface area contributed by atoms with Crippen molar-refractivity contribution in [2.24, 2.45) is 0 Å². The van der Waals surface area contributed by atoms with Gasteiger partial charge in [-0.05, 0) is 149 Å². The fourth-order valence-corrected chi connectivity index (χ4v) is 14.1. The summed E-state index contributed by atoms with van der Waals surface area (Å²) in [6, 6.07) is 51.4. The van der Waals surface area contributed by atoms with Crippen molar-refractivity contribution in [1.29, 1.82) is 0 Å². The number of pyridine rings is 1. The second kappa shape index (κ2) is 21.5. The smallest absolute Gasteiger partial charge is 0.268 e. The maximum absolute atomic E-state index is 14.9. The molecular formula is C73H49N3O4S2. The molecule has 0 spiro atoms. The van der Waals surface area contributed by atoms with Crippen molar-refractivity contribution in [1.82, 2.24) is 4.98 Å². The van der Waals surface area contributed by atoms with Crippen LogP contribution in [0.3, 0.4) is 0 Å². The van der Waals surface area contributed by atoms with Crippen LogP contribution in [0.25, 0.3) is 32.7 Å². The average Bonchev–Trinajstić information content (AvgIpc) is 3.69. The summed E-state index contributed by atoms with van der Waals surface area (Å²) in [5.74, 6) is 14.1. The SMILES string of the molecule is O=C1c2cccc3c(SCc4ccccc4)c(C#Cc4ccc(C#Cc5cc6c7c(nccc7c5SCc5ccccc5)C(=O)N(c5cccc(C7=CC=CC7)c5)C6=O)c5c4CCCC5)cc(c23)C(=O)N1c1cccc(C2=CC=CC2)c1. The molecule has 0 N–H and O–H groups in total. The molecule has 3 aliphatic carbocycles. The summed E-state index contributed by atoms with van der Waals surface area (Å²) in [7, 11) is 0. The third-order valence-corrected chi connectivity index (χ3v) is 18.4. The van der Waals surface area contributed by atoms with Gasteiger partial charge in [-0.25, -0.2) is 9.80 Å². The van der Waals surface area contributed by atoms with Gasteiger partial charge in [-0.2, -0.15) is 0 Å². The summed E-state index contributed by atoms with van der Waals surface area (Å²) in [4.78, 5) is 67.9. The lowest BCUT2D eigenvalue weighted by atomic mass is 9.85. The van der Waals surface area contributed by atoms with Crippen molar-refractivity contribution in [3.63, 3.8) is 0 Å². The van der Waals surface area contributed by atoms with E-state index in [-0.39, 0.29) is 17.5 Å². The third-order valence-electron chi connectivity index (χ3n) is 16.0. The molecule has 9 heteroatoms. The topological polar surface area (TPSA) is 87.6 Å². The number of benzene rings is 8. The number of fused-ring (bicyclic) bond motifs is 1. The lowest BCUT2D eigenvalue weighted by Crippen LogP contribution is -2.41. The zero-order chi connectivity index (χ0) is 55.3. The fraction of sp³-hybridized carbons (Fsp3) is 0.110. The molecule has 392 valence electrons. The number of allylic oxidation sites excluding steroid dienone is 8. The highest BCUT2D eigenvalue weighted by molar-refractivity contribution is 7.99. The second-order valence-corrected chi connectivity index (χ2v) is 22.9. The minimum Gasteiger partial charge on any atom is -0.268 e. The van der Waals surface area contributed by atoms with Gasteiger partial charge in [-0.3, -0.25) is 24.2 Å². The summed E-state index contributed by atoms with van der Waals surface area (Å²) >= 11 is 3.30. The molecule has 82 heavy (non-hydrogen) atoms. The summed E-state index contributed by atoms with van der Waals surface area (Å²) in [5.41, 5.74) is 14.6. The van der Waals surface area contributed by atoms with Gasteiger partial charge in [0.15, 0.2) is 0 Å². The van der Waals surface area contributed by atoms with Crippen molar-refractivity contribution in [2.75, 3.05) is 9.80 Å². The quantitative estimate of drug-likeness (QED) is 0.0766. The van der Waals surface area contributed by atoms with Crippen molar-refractivity contribution < 1.29 is 19.2 Å². The van der Waals surface area contributed by atoms with Crippen LogP contribution in [0.5, 0.6) is 0 Å². The Kier molecular flexibility index (Phi) is 13.3. The molecular weight excluding hydrogens is 1050 g/mol. The number of amides is 4. The lowest BCUT2D eigenvalue weighted by molar-refractivity contribution is 0.0876. The molecule has 5 aliphatic rings. The molecule has 2 aliphatic heterocycles. The number of imide groups is 2. The molecule has 3 heterocycles. The molecule has 0 atom stereocenters. The van der Waals surface area contributed by atoms with Gasteiger partial charge in [-0.1, -0.05) is 157 Å². The minimum atomic E-state index is -0.457. The van der Waals surface area contributed by atoms with Crippen LogP contribution in [-0.4, -0.2) is 28.6 Å². The zero-order valence-corrected chi connectivity index (χ0v) is 46.1. The van der Waals surface area contributed by atoms with Gasteiger partial charge >= 0.3 is 0 Å². The predicted molar refractivity (Wildman–Crippen MR) is 331 cm³/mol. The molecule has 8 aromatic carbocycles. The van der Waals surface area contributed by atoms with E-state index in [0.717, 1.165) is 120 Å². The predicted octanol–water partition coefficient (Wildman–Crippen LogP) is 15.9. The molecule has 1 aromatic heterocycles. The Balaban J connectivity index is 0.861. The van der Waals surface area contributed by atoms with E-state index in [2.05, 4.69) is 89.4 Å². The van der Waals surface area contributed by atoms with Crippen LogP contribution in [0.2, 0.25) is 0 Å². The van der Waals surface area contributed by atoms with Crippen LogP contribution in [0, 0.1) is 23.7 Å². The number of hydrogen-bond donors (Lipinski definition) is 0. The number of thioether (sulfide) groups is 2. The minimum absolute atomic E-state index is 0.237. The molecule has 7 nitrogen and oxygen atoms in total. The Morgan fingerprint density at radius 1 is 0.451 bits per heavy atom. The average molecular weight is 1100 g/mol. The van der Waals surface area contributed by atoms with Crippen molar-refractivity contribution in [3.05, 3.63) is 278 Å². The Morgan fingerprint density at radius 3 is 1.48 bits per heavy atom. The van der Waals surface area contributed by atoms with E-state index in [1.54, 1.807) is 35.8 Å². The van der Waals surface area contributed by atoms with E-state index >= 15 is 0 Å². The van der Waals surface area contributed by atoms with E-state index in [9.17, 15) is 19.2 Å². The maximum Gasteiger partial charge on any atom is 0.284 e. The fourth-order valence-electron chi connectivity index (χ4n) is 11.9. The standard InChI is InChI=1S/C73H49N3O4S2/c77-70-62-31-15-30-60-65(62)63(71(78)75(70)56-26-13-24-52(40-56)48-20-7-8-21-48)42-54(68(60)81-44-46-16-3-1-4-17-46)36-34-50-32-33-51(59-29-12-11-28-58(50)59)35-37-55-43-64-66-61(69(55)82-45-47-18-5-2-6-19-47)38-39-74-67(66)73(80)76(72(64)79)57-27-14-25-53(41-57)49-22-9-10-23-49/h1-10,13-20,22,24-27,30-33,38-43H,11-12,21,23,28-29,44-45H2. The monoisotopic (exact) mass is 1100 g/mol. The lowest BCUT2D eigenvalue weighted by Gasteiger charge is -2.28. The number of nitrogens with zero attached hydrogens (tertiary/aromatic N) is 3. The summed E-state index contributed by atoms with van der Waals surface area (Å²) in [6.45, 7) is 0. The first-order valence-corrected chi connectivity index (χ1v) is 29.6. The van der Waals surface area contributed by atoms with Crippen LogP contribution in [-0.2, 0) is 24.3 Å². The number of anilines is 2. The van der Waals surface area contributed by atoms with Gasteiger partial charge in [0.1, 0.15) is 5.69 Å². The van der Waals surface area contributed by atoms with E-state index in [0.29, 0.717) is 55.9 Å². The molecule has 0 radical (unpaired) electrons. The maximum atomic E-state index is 14.9. The molecule has 0 fully saturated rings. The Morgan fingerprint density at radius 2 is 0.939 bits per heavy atom. The van der Waals surface area contributed by atoms with Gasteiger partial charge in [0.2, 0.25) is 0 Å². The normalized spacial score (nSPS) is 14.9. The number of carbonyl (C=O) groups excluding carboxylic acids is 4. The zero-order valence-electron chi connectivity index (χ0n) is 44.5. The van der Waals surface area contributed by atoms with Crippen LogP contribution in [0.15, 0.2) is 210 Å². The van der Waals surface area contributed by atoms with E-state index in [4.69, 9.17) is 0 Å². The number of hydrogen-bond acceptors (Lipinski definition) is 7. The first-order chi connectivity index (χ1) is 40.3. The highest BCUT2D eigenvalue weighted by Gasteiger charge is 2.38. The largest absolute Gasteiger partial charge is 0.284 e. The first kappa shape index (κ1) is 50.7. The van der Waals surface area contributed by atoms with Gasteiger partial charge < -0.3 is 0 Å². The molecule has 9 aromatic rings. The van der Waals surface area contributed by atoms with E-state index in [1.165, 1.54) is 9.80 Å². The summed E-state index contributed by atoms with van der Waals surface area (Å²) in [6.07, 6.45) is 19.3. The molecule has 0 saturated carbocycles. The third kappa shape index (κ3) is 9.19. The van der Waals surface area contributed by atoms with Crippen LogP contribution >= 0.6 is 23.5 Å². The molecule has 0 bridgehead atoms. The van der Waals surface area contributed by atoms with Gasteiger partial charge in [0.05, 0.1) is 22.5 Å². The van der Waals surface area contributed by atoms with Crippen LogP contribution in [0.4, 0.5) is 11.4 Å². The van der Waals surface area contributed by atoms with Crippen molar-refractivity contribution >= 4 is 91.2 Å². The van der Waals surface area contributed by atoms with Gasteiger partial charge in [0, 0.05) is 71.5 Å². The Bertz CT molecular complexity index is 4220. The first-order valence-electron chi connectivity index (χ1n) is 27.6. The highest BCUT2D eigenvalue weighted by atomic mass is 32.2. The molecule has 0 saturated heterocycles. The molecule has 0 unspecified atom stereocenters.